The smallest absolute Gasteiger partial charge is 0.261 e. The molecule has 1 aliphatic rings. The van der Waals surface area contributed by atoms with Gasteiger partial charge in [0.25, 0.3) is 6.43 Å². The third kappa shape index (κ3) is 15.3. The van der Waals surface area contributed by atoms with Crippen molar-refractivity contribution < 1.29 is 34.6 Å². The van der Waals surface area contributed by atoms with E-state index in [1.54, 1.807) is 0 Å². The fourth-order valence-corrected chi connectivity index (χ4v) is 1.02. The summed E-state index contributed by atoms with van der Waals surface area (Å²) >= 11 is 0. The summed E-state index contributed by atoms with van der Waals surface area (Å²) in [5.74, 6) is 0. The molecule has 1 aliphatic carbocycles. The molecule has 80 valence electrons. The molecule has 0 atom stereocenters. The molecule has 1 rings (SSSR count). The van der Waals surface area contributed by atoms with Crippen molar-refractivity contribution in [2.45, 2.75) is 38.5 Å². The van der Waals surface area contributed by atoms with Crippen molar-refractivity contribution in [2.24, 2.45) is 0 Å². The van der Waals surface area contributed by atoms with Crippen LogP contribution in [0.25, 0.3) is 0 Å². The van der Waals surface area contributed by atoms with Crippen molar-refractivity contribution >= 4 is 0 Å². The Morgan fingerprint density at radius 1 is 1.23 bits per heavy atom. The maximum Gasteiger partial charge on any atom is 0.261 e. The maximum atomic E-state index is 10.9. The van der Waals surface area contributed by atoms with Gasteiger partial charge < -0.3 is 11.2 Å². The molecule has 0 N–H and O–H groups in total. The van der Waals surface area contributed by atoms with E-state index in [1.807, 2.05) is 0 Å². The third-order valence-electron chi connectivity index (χ3n) is 1.61. The number of ether oxygens (including phenoxy) is 1. The first kappa shape index (κ1) is 16.0. The summed E-state index contributed by atoms with van der Waals surface area (Å²) in [5, 5.41) is 0. The minimum absolute atomic E-state index is 0. The molecule has 4 heteroatoms. The average molecular weight is 363 g/mol. The zero-order chi connectivity index (χ0) is 9.23. The summed E-state index contributed by atoms with van der Waals surface area (Å²) in [6.45, 7) is -0.458. The molecule has 1 nitrogen and oxygen atoms in total. The van der Waals surface area contributed by atoms with E-state index >= 15 is 0 Å². The molecule has 0 spiro atoms. The molecule has 0 aromatic heterocycles. The Labute approximate surface area is 93.5 Å². The minimum atomic E-state index is -2.32. The van der Waals surface area contributed by atoms with Crippen molar-refractivity contribution in [1.29, 1.82) is 0 Å². The first-order valence-electron chi connectivity index (χ1n) is 4.36. The van der Waals surface area contributed by atoms with Gasteiger partial charge in [-0.25, -0.2) is 8.78 Å². The monoisotopic (exact) mass is 363 g/mol. The van der Waals surface area contributed by atoms with E-state index in [9.17, 15) is 8.78 Å². The van der Waals surface area contributed by atoms with Gasteiger partial charge in [-0.1, -0.05) is 19.3 Å². The molecule has 0 amide bonds. The van der Waals surface area contributed by atoms with Crippen LogP contribution in [-0.4, -0.2) is 20.1 Å². The van der Waals surface area contributed by atoms with Gasteiger partial charge in [-0.15, -0.1) is 0 Å². The average Bonchev–Trinajstić information content (AvgIpc) is 2.08. The van der Waals surface area contributed by atoms with E-state index < -0.39 is 13.0 Å². The molecular formula is C9H17F2OW-. The van der Waals surface area contributed by atoms with Gasteiger partial charge in [0, 0.05) is 28.2 Å². The Kier molecular flexibility index (Phi) is 15.4. The summed E-state index contributed by atoms with van der Waals surface area (Å²) in [6, 6.07) is 0. The SMILES string of the molecule is COCC(F)F.[CH-]1CCCCC1.[W]. The van der Waals surface area contributed by atoms with Crippen LogP contribution in [0.15, 0.2) is 0 Å². The molecule has 0 aliphatic heterocycles. The number of rotatable bonds is 2. The summed E-state index contributed by atoms with van der Waals surface area (Å²) in [6.07, 6.45) is 7.18. The fourth-order valence-electron chi connectivity index (χ4n) is 1.02. The zero-order valence-electron chi connectivity index (χ0n) is 7.97. The van der Waals surface area contributed by atoms with Gasteiger partial charge in [-0.3, -0.25) is 0 Å². The van der Waals surface area contributed by atoms with Crippen LogP contribution in [0.1, 0.15) is 32.1 Å². The van der Waals surface area contributed by atoms with Gasteiger partial charge in [0.15, 0.2) is 0 Å². The predicted molar refractivity (Wildman–Crippen MR) is 45.3 cm³/mol. The van der Waals surface area contributed by atoms with E-state index in [0.717, 1.165) is 0 Å². The summed E-state index contributed by atoms with van der Waals surface area (Å²) < 4.78 is 25.9. The number of hydrogen-bond donors (Lipinski definition) is 0. The van der Waals surface area contributed by atoms with Crippen LogP contribution in [0.2, 0.25) is 0 Å². The van der Waals surface area contributed by atoms with E-state index in [-0.39, 0.29) is 21.1 Å². The van der Waals surface area contributed by atoms with Gasteiger partial charge in [0.05, 0.1) is 0 Å². The van der Waals surface area contributed by atoms with Gasteiger partial charge in [0.2, 0.25) is 0 Å². The second-order valence-electron chi connectivity index (χ2n) is 2.77. The van der Waals surface area contributed by atoms with Crippen LogP contribution >= 0.6 is 0 Å². The molecule has 1 saturated carbocycles. The molecular weight excluding hydrogens is 346 g/mol. The summed E-state index contributed by atoms with van der Waals surface area (Å²) in [7, 11) is 1.24. The van der Waals surface area contributed by atoms with E-state index in [4.69, 9.17) is 0 Å². The van der Waals surface area contributed by atoms with Crippen LogP contribution in [0, 0.1) is 6.42 Å². The van der Waals surface area contributed by atoms with Crippen LogP contribution < -0.4 is 0 Å². The van der Waals surface area contributed by atoms with Crippen molar-refractivity contribution in [1.82, 2.24) is 0 Å². The molecule has 0 heterocycles. The molecule has 0 saturated heterocycles. The Hall–Kier alpha value is 0.508. The van der Waals surface area contributed by atoms with Crippen LogP contribution in [0.3, 0.4) is 0 Å². The third-order valence-corrected chi connectivity index (χ3v) is 1.61. The minimum Gasteiger partial charge on any atom is -0.379 e. The van der Waals surface area contributed by atoms with Crippen molar-refractivity contribution in [3.63, 3.8) is 0 Å². The Morgan fingerprint density at radius 3 is 1.85 bits per heavy atom. The predicted octanol–water partition coefficient (Wildman–Crippen LogP) is 3.05. The van der Waals surface area contributed by atoms with Gasteiger partial charge >= 0.3 is 0 Å². The van der Waals surface area contributed by atoms with Gasteiger partial charge in [-0.2, -0.15) is 12.8 Å². The van der Waals surface area contributed by atoms with Crippen LogP contribution in [0.4, 0.5) is 8.78 Å². The number of alkyl halides is 2. The fraction of sp³-hybridized carbons (Fsp3) is 0.889. The standard InChI is InChI=1S/C6H11.C3H6F2O.W/c1-2-4-6-5-3-1;1-6-2-3(4)5;/h1H,2-6H2;3H,2H2,1H3;/q-1;;. The zero-order valence-corrected chi connectivity index (χ0v) is 10.9. The van der Waals surface area contributed by atoms with E-state index in [2.05, 4.69) is 11.2 Å². The van der Waals surface area contributed by atoms with Gasteiger partial charge in [-0.05, 0) is 0 Å². The molecule has 1 fully saturated rings. The Bertz CT molecular complexity index is 76.2. The first-order chi connectivity index (χ1) is 5.77. The molecule has 0 unspecified atom stereocenters. The van der Waals surface area contributed by atoms with Crippen LogP contribution in [-0.2, 0) is 25.8 Å². The topological polar surface area (TPSA) is 9.23 Å². The van der Waals surface area contributed by atoms with Crippen molar-refractivity contribution in [2.75, 3.05) is 13.7 Å². The second kappa shape index (κ2) is 12.5. The summed E-state index contributed by atoms with van der Waals surface area (Å²) in [5.41, 5.74) is 0. The first-order valence-corrected chi connectivity index (χ1v) is 4.36. The van der Waals surface area contributed by atoms with Gasteiger partial charge in [0.1, 0.15) is 6.61 Å². The Morgan fingerprint density at radius 2 is 1.77 bits per heavy atom. The number of halogens is 2. The molecule has 0 radical (unpaired) electrons. The normalized spacial score (nSPS) is 15.7. The van der Waals surface area contributed by atoms with E-state index in [0.29, 0.717) is 0 Å². The maximum absolute atomic E-state index is 10.9. The summed E-state index contributed by atoms with van der Waals surface area (Å²) in [4.78, 5) is 0. The number of hydrogen-bond acceptors (Lipinski definition) is 1. The molecule has 13 heavy (non-hydrogen) atoms. The Balaban J connectivity index is 0. The second-order valence-corrected chi connectivity index (χ2v) is 2.77. The molecule has 0 aromatic carbocycles. The van der Waals surface area contributed by atoms with Crippen LogP contribution in [0.5, 0.6) is 0 Å². The molecule has 0 aromatic rings. The van der Waals surface area contributed by atoms with E-state index in [1.165, 1.54) is 39.2 Å². The molecule has 0 bridgehead atoms. The number of methoxy groups -OCH3 is 1. The largest absolute Gasteiger partial charge is 0.379 e. The van der Waals surface area contributed by atoms with Crippen molar-refractivity contribution in [3.8, 4) is 0 Å². The van der Waals surface area contributed by atoms with Crippen molar-refractivity contribution in [3.05, 3.63) is 6.42 Å². The quantitative estimate of drug-likeness (QED) is 0.686.